The molecule has 0 bridgehead atoms. The summed E-state index contributed by atoms with van der Waals surface area (Å²) < 4.78 is 0. The van der Waals surface area contributed by atoms with Crippen molar-refractivity contribution in [1.82, 2.24) is 5.32 Å². The van der Waals surface area contributed by atoms with Crippen LogP contribution in [0.15, 0.2) is 54.6 Å². The molecule has 0 aliphatic rings. The van der Waals surface area contributed by atoms with Crippen molar-refractivity contribution in [3.05, 3.63) is 65.7 Å². The van der Waals surface area contributed by atoms with E-state index >= 15 is 0 Å². The lowest BCUT2D eigenvalue weighted by molar-refractivity contribution is 0.515. The first-order valence-corrected chi connectivity index (χ1v) is 7.75. The van der Waals surface area contributed by atoms with Crippen molar-refractivity contribution in [2.75, 3.05) is 25.5 Å². The topological polar surface area (TPSA) is 15.3 Å². The summed E-state index contributed by atoms with van der Waals surface area (Å²) in [4.78, 5) is 2.13. The number of rotatable bonds is 7. The number of nitrogens with one attached hydrogen (secondary N) is 1. The minimum absolute atomic E-state index is 0.423. The smallest absolute Gasteiger partial charge is 0.0361 e. The van der Waals surface area contributed by atoms with E-state index in [-0.39, 0.29) is 0 Å². The standard InChI is InChI=1S/C19H26N2/c1-4-20-19(15-10-16-8-6-5-7-9-16)17-11-13-18(14-12-17)21(2)3/h5-9,11-14,19-20H,4,10,15H2,1-3H3. The van der Waals surface area contributed by atoms with Crippen LogP contribution in [0.25, 0.3) is 0 Å². The maximum atomic E-state index is 3.60. The van der Waals surface area contributed by atoms with Crippen LogP contribution in [0.5, 0.6) is 0 Å². The normalized spacial score (nSPS) is 12.1. The lowest BCUT2D eigenvalue weighted by atomic mass is 9.98. The molecule has 1 atom stereocenters. The predicted molar refractivity (Wildman–Crippen MR) is 91.9 cm³/mol. The van der Waals surface area contributed by atoms with Gasteiger partial charge in [0.2, 0.25) is 0 Å². The van der Waals surface area contributed by atoms with Gasteiger partial charge in [0.25, 0.3) is 0 Å². The highest BCUT2D eigenvalue weighted by Gasteiger charge is 2.10. The van der Waals surface area contributed by atoms with E-state index in [4.69, 9.17) is 0 Å². The SMILES string of the molecule is CCNC(CCc1ccccc1)c1ccc(N(C)C)cc1. The van der Waals surface area contributed by atoms with E-state index in [1.54, 1.807) is 0 Å². The highest BCUT2D eigenvalue weighted by molar-refractivity contribution is 5.46. The highest BCUT2D eigenvalue weighted by Crippen LogP contribution is 2.22. The zero-order valence-electron chi connectivity index (χ0n) is 13.3. The third-order valence-electron chi connectivity index (χ3n) is 3.83. The summed E-state index contributed by atoms with van der Waals surface area (Å²) in [5, 5.41) is 3.60. The fourth-order valence-corrected chi connectivity index (χ4v) is 2.59. The molecule has 0 radical (unpaired) electrons. The number of anilines is 1. The molecule has 0 saturated carbocycles. The van der Waals surface area contributed by atoms with Gasteiger partial charge in [0, 0.05) is 25.8 Å². The molecular formula is C19H26N2. The van der Waals surface area contributed by atoms with Gasteiger partial charge in [-0.25, -0.2) is 0 Å². The van der Waals surface area contributed by atoms with Gasteiger partial charge < -0.3 is 10.2 Å². The number of nitrogens with zero attached hydrogens (tertiary/aromatic N) is 1. The highest BCUT2D eigenvalue weighted by atomic mass is 15.1. The molecule has 0 aromatic heterocycles. The van der Waals surface area contributed by atoms with Gasteiger partial charge in [0.05, 0.1) is 0 Å². The van der Waals surface area contributed by atoms with E-state index in [1.165, 1.54) is 16.8 Å². The summed E-state index contributed by atoms with van der Waals surface area (Å²) in [5.74, 6) is 0. The van der Waals surface area contributed by atoms with Gasteiger partial charge in [-0.1, -0.05) is 49.4 Å². The maximum Gasteiger partial charge on any atom is 0.0361 e. The van der Waals surface area contributed by atoms with Crippen molar-refractivity contribution in [1.29, 1.82) is 0 Å². The molecule has 2 heteroatoms. The Kier molecular flexibility index (Phi) is 5.82. The molecule has 0 fully saturated rings. The average Bonchev–Trinajstić information content (AvgIpc) is 2.52. The first-order chi connectivity index (χ1) is 10.2. The first kappa shape index (κ1) is 15.6. The van der Waals surface area contributed by atoms with Crippen LogP contribution in [-0.2, 0) is 6.42 Å². The quantitative estimate of drug-likeness (QED) is 0.824. The Morgan fingerprint density at radius 3 is 2.19 bits per heavy atom. The molecule has 1 unspecified atom stereocenters. The second kappa shape index (κ2) is 7.84. The Bertz CT molecular complexity index is 517. The maximum absolute atomic E-state index is 3.60. The third-order valence-corrected chi connectivity index (χ3v) is 3.83. The van der Waals surface area contributed by atoms with Gasteiger partial charge >= 0.3 is 0 Å². The summed E-state index contributed by atoms with van der Waals surface area (Å²) in [6.07, 6.45) is 2.23. The van der Waals surface area contributed by atoms with E-state index in [1.807, 2.05) is 0 Å². The number of hydrogen-bond acceptors (Lipinski definition) is 2. The van der Waals surface area contributed by atoms with Crippen LogP contribution in [0.1, 0.15) is 30.5 Å². The van der Waals surface area contributed by atoms with Crippen LogP contribution < -0.4 is 10.2 Å². The molecule has 21 heavy (non-hydrogen) atoms. The van der Waals surface area contributed by atoms with Crippen LogP contribution in [0.2, 0.25) is 0 Å². The van der Waals surface area contributed by atoms with E-state index in [9.17, 15) is 0 Å². The van der Waals surface area contributed by atoms with Gasteiger partial charge in [-0.3, -0.25) is 0 Å². The first-order valence-electron chi connectivity index (χ1n) is 7.75. The van der Waals surface area contributed by atoms with E-state index in [2.05, 4.69) is 85.8 Å². The summed E-state index contributed by atoms with van der Waals surface area (Å²) in [7, 11) is 4.15. The molecule has 0 aliphatic heterocycles. The summed E-state index contributed by atoms with van der Waals surface area (Å²) in [6.45, 7) is 3.17. The summed E-state index contributed by atoms with van der Waals surface area (Å²) in [6, 6.07) is 20.0. The molecule has 112 valence electrons. The summed E-state index contributed by atoms with van der Waals surface area (Å²) in [5.41, 5.74) is 4.03. The zero-order chi connectivity index (χ0) is 15.1. The number of aryl methyl sites for hydroxylation is 1. The molecule has 2 aromatic rings. The molecule has 1 N–H and O–H groups in total. The Labute approximate surface area is 128 Å². The Balaban J connectivity index is 2.04. The van der Waals surface area contributed by atoms with E-state index < -0.39 is 0 Å². The molecule has 0 aliphatic carbocycles. The van der Waals surface area contributed by atoms with Gasteiger partial charge in [-0.05, 0) is 42.6 Å². The van der Waals surface area contributed by atoms with Crippen LogP contribution in [0.3, 0.4) is 0 Å². The van der Waals surface area contributed by atoms with Gasteiger partial charge in [0.15, 0.2) is 0 Å². The monoisotopic (exact) mass is 282 g/mol. The molecule has 2 aromatic carbocycles. The van der Waals surface area contributed by atoms with E-state index in [0.29, 0.717) is 6.04 Å². The van der Waals surface area contributed by atoms with Crippen LogP contribution in [0, 0.1) is 0 Å². The van der Waals surface area contributed by atoms with E-state index in [0.717, 1.165) is 19.4 Å². The summed E-state index contributed by atoms with van der Waals surface area (Å²) >= 11 is 0. The van der Waals surface area contributed by atoms with Crippen molar-refractivity contribution < 1.29 is 0 Å². The van der Waals surface area contributed by atoms with Crippen molar-refractivity contribution >= 4 is 5.69 Å². The van der Waals surface area contributed by atoms with Crippen molar-refractivity contribution in [2.24, 2.45) is 0 Å². The van der Waals surface area contributed by atoms with Crippen molar-refractivity contribution in [3.63, 3.8) is 0 Å². The van der Waals surface area contributed by atoms with Crippen molar-refractivity contribution in [3.8, 4) is 0 Å². The molecular weight excluding hydrogens is 256 g/mol. The molecule has 0 amide bonds. The second-order valence-corrected chi connectivity index (χ2v) is 5.62. The Morgan fingerprint density at radius 1 is 0.952 bits per heavy atom. The molecule has 0 heterocycles. The minimum atomic E-state index is 0.423. The van der Waals surface area contributed by atoms with Crippen molar-refractivity contribution in [2.45, 2.75) is 25.8 Å². The fourth-order valence-electron chi connectivity index (χ4n) is 2.59. The minimum Gasteiger partial charge on any atom is -0.378 e. The molecule has 2 nitrogen and oxygen atoms in total. The van der Waals surface area contributed by atoms with Gasteiger partial charge in [-0.15, -0.1) is 0 Å². The fraction of sp³-hybridized carbons (Fsp3) is 0.368. The van der Waals surface area contributed by atoms with Gasteiger partial charge in [0.1, 0.15) is 0 Å². The van der Waals surface area contributed by atoms with Crippen LogP contribution >= 0.6 is 0 Å². The molecule has 0 saturated heterocycles. The third kappa shape index (κ3) is 4.61. The van der Waals surface area contributed by atoms with Crippen LogP contribution in [0.4, 0.5) is 5.69 Å². The second-order valence-electron chi connectivity index (χ2n) is 5.62. The Hall–Kier alpha value is -1.80. The average molecular weight is 282 g/mol. The number of hydrogen-bond donors (Lipinski definition) is 1. The lowest BCUT2D eigenvalue weighted by Gasteiger charge is -2.20. The zero-order valence-corrected chi connectivity index (χ0v) is 13.3. The molecule has 2 rings (SSSR count). The largest absolute Gasteiger partial charge is 0.378 e. The Morgan fingerprint density at radius 2 is 1.62 bits per heavy atom. The predicted octanol–water partition coefficient (Wildman–Crippen LogP) is 4.04. The lowest BCUT2D eigenvalue weighted by Crippen LogP contribution is -2.21. The van der Waals surface area contributed by atoms with Gasteiger partial charge in [-0.2, -0.15) is 0 Å². The molecule has 0 spiro atoms. The number of benzene rings is 2. The van der Waals surface area contributed by atoms with Crippen LogP contribution in [-0.4, -0.2) is 20.6 Å².